The number of aliphatic carboxylic acids is 1. The molecule has 0 spiro atoms. The molecule has 3 N–H and O–H groups in total. The first-order valence-electron chi connectivity index (χ1n) is 11.7. The molecule has 9 nitrogen and oxygen atoms in total. The molecule has 1 aliphatic rings. The van der Waals surface area contributed by atoms with Crippen LogP contribution >= 0.6 is 0 Å². The fraction of sp³-hybridized carbons (Fsp3) is 0.346. The lowest BCUT2D eigenvalue weighted by Crippen LogP contribution is -2.35. The number of benzene rings is 1. The molecule has 0 saturated carbocycles. The molecule has 2 aromatic heterocycles. The highest BCUT2D eigenvalue weighted by molar-refractivity contribution is 5.96. The van der Waals surface area contributed by atoms with Gasteiger partial charge in [0, 0.05) is 25.7 Å². The Kier molecular flexibility index (Phi) is 7.54. The van der Waals surface area contributed by atoms with Gasteiger partial charge in [-0.3, -0.25) is 9.59 Å². The van der Waals surface area contributed by atoms with Crippen molar-refractivity contribution in [3.8, 4) is 5.75 Å². The van der Waals surface area contributed by atoms with E-state index < -0.39 is 18.4 Å². The van der Waals surface area contributed by atoms with E-state index in [9.17, 15) is 14.7 Å². The summed E-state index contributed by atoms with van der Waals surface area (Å²) in [5.41, 5.74) is 2.55. The number of carboxylic acid groups (broad SMARTS) is 1. The molecule has 0 unspecified atom stereocenters. The normalized spacial score (nSPS) is 14.0. The van der Waals surface area contributed by atoms with Crippen LogP contribution in [0.3, 0.4) is 0 Å². The van der Waals surface area contributed by atoms with Crippen LogP contribution in [0, 0.1) is 12.8 Å². The van der Waals surface area contributed by atoms with E-state index in [1.54, 1.807) is 6.92 Å². The van der Waals surface area contributed by atoms with Crippen molar-refractivity contribution < 1.29 is 19.8 Å². The van der Waals surface area contributed by atoms with Gasteiger partial charge in [-0.1, -0.05) is 36.4 Å². The average molecular weight is 476 g/mol. The molecule has 1 saturated heterocycles. The molecule has 9 heteroatoms. The van der Waals surface area contributed by atoms with Crippen molar-refractivity contribution in [2.45, 2.75) is 32.6 Å². The summed E-state index contributed by atoms with van der Waals surface area (Å²) in [5, 5.41) is 21.2. The third-order valence-corrected chi connectivity index (χ3v) is 6.19. The van der Waals surface area contributed by atoms with E-state index >= 15 is 0 Å². The maximum absolute atomic E-state index is 12.3. The van der Waals surface area contributed by atoms with Gasteiger partial charge in [0.1, 0.15) is 18.2 Å². The molecule has 3 heterocycles. The Bertz CT molecular complexity index is 1180. The number of aromatic nitrogens is 3. The summed E-state index contributed by atoms with van der Waals surface area (Å²) in [6.07, 6.45) is 5.24. The largest absolute Gasteiger partial charge is 0.504 e. The van der Waals surface area contributed by atoms with Gasteiger partial charge >= 0.3 is 5.97 Å². The fourth-order valence-corrected chi connectivity index (χ4v) is 4.28. The molecule has 1 fully saturated rings. The van der Waals surface area contributed by atoms with Gasteiger partial charge < -0.3 is 20.4 Å². The number of aryl methyl sites for hydroxylation is 1. The summed E-state index contributed by atoms with van der Waals surface area (Å²) >= 11 is 0. The fourth-order valence-electron chi connectivity index (χ4n) is 4.28. The SMILES string of the molecule is Cc1nc(CC2CCN(c3ccc(Cc4ccccc4)cn3)CC2)nc(C(=O)NCC(=O)O)c1O. The van der Waals surface area contributed by atoms with Gasteiger partial charge in [0.05, 0.1) is 5.69 Å². The van der Waals surface area contributed by atoms with Gasteiger partial charge in [-0.15, -0.1) is 0 Å². The molecule has 3 aromatic rings. The van der Waals surface area contributed by atoms with Crippen molar-refractivity contribution in [3.05, 3.63) is 77.0 Å². The van der Waals surface area contributed by atoms with E-state index in [0.717, 1.165) is 38.2 Å². The van der Waals surface area contributed by atoms with Crippen molar-refractivity contribution in [2.24, 2.45) is 5.92 Å². The third-order valence-electron chi connectivity index (χ3n) is 6.19. The molecular weight excluding hydrogens is 446 g/mol. The zero-order chi connectivity index (χ0) is 24.8. The lowest BCUT2D eigenvalue weighted by atomic mass is 9.93. The quantitative estimate of drug-likeness (QED) is 0.454. The standard InChI is InChI=1S/C26H29N5O4/c1-17-25(34)24(26(35)28-16-23(32)33)30-21(29-17)14-19-9-11-31(12-10-19)22-8-7-20(15-27-22)13-18-5-3-2-4-6-18/h2-8,15,19,34H,9-14,16H2,1H3,(H,28,35)(H,32,33). The molecule has 0 bridgehead atoms. The van der Waals surface area contributed by atoms with E-state index in [0.29, 0.717) is 23.9 Å². The summed E-state index contributed by atoms with van der Waals surface area (Å²) in [6, 6.07) is 14.5. The monoisotopic (exact) mass is 475 g/mol. The number of aromatic hydroxyl groups is 1. The van der Waals surface area contributed by atoms with E-state index in [4.69, 9.17) is 5.11 Å². The first-order valence-corrected chi connectivity index (χ1v) is 11.7. The highest BCUT2D eigenvalue weighted by Gasteiger charge is 2.24. The van der Waals surface area contributed by atoms with E-state index in [-0.39, 0.29) is 11.4 Å². The van der Waals surface area contributed by atoms with Crippen molar-refractivity contribution >= 4 is 17.7 Å². The lowest BCUT2D eigenvalue weighted by molar-refractivity contribution is -0.135. The molecule has 1 aliphatic heterocycles. The lowest BCUT2D eigenvalue weighted by Gasteiger charge is -2.32. The third kappa shape index (κ3) is 6.32. The highest BCUT2D eigenvalue weighted by Crippen LogP contribution is 2.26. The number of amides is 1. The number of carboxylic acids is 1. The van der Waals surface area contributed by atoms with Crippen molar-refractivity contribution in [2.75, 3.05) is 24.5 Å². The Morgan fingerprint density at radius 1 is 1.06 bits per heavy atom. The summed E-state index contributed by atoms with van der Waals surface area (Å²) in [7, 11) is 0. The number of carbonyl (C=O) groups is 2. The Balaban J connectivity index is 1.33. The van der Waals surface area contributed by atoms with E-state index in [2.05, 4.69) is 49.4 Å². The molecule has 182 valence electrons. The minimum absolute atomic E-state index is 0.189. The van der Waals surface area contributed by atoms with Crippen LogP contribution in [0.1, 0.15) is 46.0 Å². The molecule has 0 radical (unpaired) electrons. The number of carbonyl (C=O) groups excluding carboxylic acids is 1. The van der Waals surface area contributed by atoms with Gasteiger partial charge in [0.15, 0.2) is 11.4 Å². The van der Waals surface area contributed by atoms with Crippen LogP contribution in [0.25, 0.3) is 0 Å². The number of hydrogen-bond donors (Lipinski definition) is 3. The second-order valence-electron chi connectivity index (χ2n) is 8.82. The molecule has 1 aromatic carbocycles. The zero-order valence-electron chi connectivity index (χ0n) is 19.6. The Morgan fingerprint density at radius 3 is 2.46 bits per heavy atom. The average Bonchev–Trinajstić information content (AvgIpc) is 2.86. The molecule has 0 aliphatic carbocycles. The van der Waals surface area contributed by atoms with Crippen LogP contribution in [0.5, 0.6) is 5.75 Å². The van der Waals surface area contributed by atoms with Crippen molar-refractivity contribution in [1.82, 2.24) is 20.3 Å². The van der Waals surface area contributed by atoms with E-state index in [1.807, 2.05) is 24.4 Å². The Hall–Kier alpha value is -4.01. The van der Waals surface area contributed by atoms with Gasteiger partial charge in [-0.2, -0.15) is 0 Å². The van der Waals surface area contributed by atoms with Crippen molar-refractivity contribution in [3.63, 3.8) is 0 Å². The number of nitrogens with zero attached hydrogens (tertiary/aromatic N) is 4. The first kappa shape index (κ1) is 24.1. The summed E-state index contributed by atoms with van der Waals surface area (Å²) in [4.78, 5) is 38.5. The smallest absolute Gasteiger partial charge is 0.322 e. The molecule has 4 rings (SSSR count). The van der Waals surface area contributed by atoms with Crippen LogP contribution in [0.2, 0.25) is 0 Å². The highest BCUT2D eigenvalue weighted by atomic mass is 16.4. The van der Waals surface area contributed by atoms with Crippen molar-refractivity contribution in [1.29, 1.82) is 0 Å². The number of hydrogen-bond acceptors (Lipinski definition) is 7. The number of pyridine rings is 1. The van der Waals surface area contributed by atoms with Crippen LogP contribution in [-0.4, -0.2) is 56.7 Å². The predicted molar refractivity (Wildman–Crippen MR) is 131 cm³/mol. The molecule has 1 amide bonds. The second-order valence-corrected chi connectivity index (χ2v) is 8.82. The predicted octanol–water partition coefficient (Wildman–Crippen LogP) is 2.75. The molecule has 0 atom stereocenters. The van der Waals surface area contributed by atoms with Gasteiger partial charge in [-0.05, 0) is 49.3 Å². The summed E-state index contributed by atoms with van der Waals surface area (Å²) in [6.45, 7) is 2.78. The Morgan fingerprint density at radius 2 is 1.80 bits per heavy atom. The number of nitrogens with one attached hydrogen (secondary N) is 1. The van der Waals surface area contributed by atoms with Crippen LogP contribution in [0.15, 0.2) is 48.7 Å². The first-order chi connectivity index (χ1) is 16.9. The van der Waals surface area contributed by atoms with Crippen LogP contribution in [0.4, 0.5) is 5.82 Å². The van der Waals surface area contributed by atoms with Gasteiger partial charge in [0.25, 0.3) is 5.91 Å². The van der Waals surface area contributed by atoms with Crippen LogP contribution < -0.4 is 10.2 Å². The minimum atomic E-state index is -1.17. The number of anilines is 1. The minimum Gasteiger partial charge on any atom is -0.504 e. The van der Waals surface area contributed by atoms with Gasteiger partial charge in [0.2, 0.25) is 0 Å². The van der Waals surface area contributed by atoms with E-state index in [1.165, 1.54) is 11.1 Å². The maximum atomic E-state index is 12.3. The summed E-state index contributed by atoms with van der Waals surface area (Å²) < 4.78 is 0. The topological polar surface area (TPSA) is 129 Å². The molecular formula is C26H29N5O4. The Labute approximate surface area is 203 Å². The van der Waals surface area contributed by atoms with Gasteiger partial charge in [-0.25, -0.2) is 15.0 Å². The maximum Gasteiger partial charge on any atom is 0.322 e. The zero-order valence-corrected chi connectivity index (χ0v) is 19.6. The molecule has 35 heavy (non-hydrogen) atoms. The number of piperidine rings is 1. The number of rotatable bonds is 8. The summed E-state index contributed by atoms with van der Waals surface area (Å²) in [5.74, 6) is -0.447. The second kappa shape index (κ2) is 10.9. The van der Waals surface area contributed by atoms with Crippen LogP contribution in [-0.2, 0) is 17.6 Å².